The molecule has 32 heteroatoms. The lowest BCUT2D eigenvalue weighted by atomic mass is 9.66. The molecule has 12 N–H and O–H groups in total. The van der Waals surface area contributed by atoms with E-state index >= 15 is 0 Å². The largest absolute Gasteiger partial charge is 0.472 e. The Bertz CT molecular complexity index is 2810. The van der Waals surface area contributed by atoms with Crippen LogP contribution in [0.3, 0.4) is 0 Å². The molecule has 7 rings (SSSR count). The van der Waals surface area contributed by atoms with Gasteiger partial charge in [0.05, 0.1) is 104 Å². The molecule has 0 amide bonds. The highest BCUT2D eigenvalue weighted by Crippen LogP contribution is 2.53. The molecule has 4 heterocycles. The Morgan fingerprint density at radius 3 is 1.32 bits per heavy atom. The van der Waals surface area contributed by atoms with Gasteiger partial charge in [0.25, 0.3) is 0 Å². The van der Waals surface area contributed by atoms with Gasteiger partial charge in [-0.1, -0.05) is 115 Å². The van der Waals surface area contributed by atoms with Crippen molar-refractivity contribution in [3.05, 3.63) is 131 Å². The molecule has 2 aliphatic rings. The van der Waals surface area contributed by atoms with Crippen molar-refractivity contribution in [1.82, 2.24) is 30.0 Å². The maximum Gasteiger partial charge on any atom is 0.472 e. The molecule has 2 saturated heterocycles. The monoisotopic (exact) mass is 1270 g/mol. The van der Waals surface area contributed by atoms with E-state index in [4.69, 9.17) is 46.5 Å². The molecule has 5 unspecified atom stereocenters. The van der Waals surface area contributed by atoms with E-state index in [9.17, 15) is 70.0 Å². The molecule has 484 valence electrons. The molecule has 87 heavy (non-hydrogen) atoms. The van der Waals surface area contributed by atoms with E-state index in [0.29, 0.717) is 47.5 Å². The van der Waals surface area contributed by atoms with Crippen LogP contribution in [0.2, 0.25) is 0 Å². The number of aliphatic hydroxyl groups excluding tert-OH is 10. The average molecular weight is 1270 g/mol. The number of hydrogen-bond donors (Lipinski definition) is 12. The lowest BCUT2D eigenvalue weighted by Crippen LogP contribution is -2.59. The maximum atomic E-state index is 14.3. The topological polar surface area (TPSA) is 431 Å². The van der Waals surface area contributed by atoms with Crippen molar-refractivity contribution in [3.8, 4) is 0 Å². The van der Waals surface area contributed by atoms with Crippen molar-refractivity contribution >= 4 is 15.6 Å². The van der Waals surface area contributed by atoms with E-state index in [1.807, 2.05) is 36.4 Å². The molecule has 2 fully saturated rings. The summed E-state index contributed by atoms with van der Waals surface area (Å²) in [4.78, 5) is 22.7. The third-order valence-electron chi connectivity index (χ3n) is 14.6. The zero-order chi connectivity index (χ0) is 62.8. The Balaban J connectivity index is 0.968. The highest BCUT2D eigenvalue weighted by molar-refractivity contribution is 7.47. The van der Waals surface area contributed by atoms with E-state index in [-0.39, 0.29) is 46.2 Å². The molecular formula is C55H80N6O24P2. The summed E-state index contributed by atoms with van der Waals surface area (Å²) in [5.74, 6) is 0. The lowest BCUT2D eigenvalue weighted by molar-refractivity contribution is -0.301. The number of aryl methyl sites for hydroxylation is 2. The summed E-state index contributed by atoms with van der Waals surface area (Å²) in [7, 11) is -10.2. The molecule has 0 radical (unpaired) electrons. The van der Waals surface area contributed by atoms with Crippen LogP contribution in [0, 0.1) is 10.8 Å². The van der Waals surface area contributed by atoms with Gasteiger partial charge in [-0.2, -0.15) is 0 Å². The van der Waals surface area contributed by atoms with Gasteiger partial charge in [-0.15, -0.1) is 10.2 Å². The zero-order valence-electron chi connectivity index (χ0n) is 48.0. The molecular weight excluding hydrogens is 1190 g/mol. The second-order valence-electron chi connectivity index (χ2n) is 22.0. The van der Waals surface area contributed by atoms with Crippen molar-refractivity contribution < 1.29 is 116 Å². The van der Waals surface area contributed by atoms with Crippen LogP contribution in [0.25, 0.3) is 0 Å². The Morgan fingerprint density at radius 2 is 0.931 bits per heavy atom. The third-order valence-corrected chi connectivity index (χ3v) is 16.5. The minimum Gasteiger partial charge on any atom is -0.396 e. The third kappa shape index (κ3) is 19.0. The summed E-state index contributed by atoms with van der Waals surface area (Å²) in [6, 6.07) is 27.0. The van der Waals surface area contributed by atoms with Gasteiger partial charge >= 0.3 is 15.6 Å². The Labute approximate surface area is 501 Å². The summed E-state index contributed by atoms with van der Waals surface area (Å²) in [5.41, 5.74) is -1.65. The average Bonchev–Trinajstić information content (AvgIpc) is 1.26. The summed E-state index contributed by atoms with van der Waals surface area (Å²) in [6.07, 6.45) is -11.8. The Hall–Kier alpha value is -4.48. The summed E-state index contributed by atoms with van der Waals surface area (Å²) in [6.45, 7) is -1.79. The van der Waals surface area contributed by atoms with Gasteiger partial charge in [0.1, 0.15) is 66.3 Å². The number of phosphoric ester groups is 2. The van der Waals surface area contributed by atoms with E-state index in [2.05, 4.69) is 20.6 Å². The van der Waals surface area contributed by atoms with Gasteiger partial charge in [0.2, 0.25) is 0 Å². The van der Waals surface area contributed by atoms with Crippen molar-refractivity contribution in [2.45, 2.75) is 126 Å². The van der Waals surface area contributed by atoms with Gasteiger partial charge in [-0.25, -0.2) is 9.13 Å². The molecule has 0 bridgehead atoms. The zero-order valence-corrected chi connectivity index (χ0v) is 49.8. The van der Waals surface area contributed by atoms with Crippen LogP contribution >= 0.6 is 15.6 Å². The van der Waals surface area contributed by atoms with Crippen molar-refractivity contribution in [1.29, 1.82) is 0 Å². The lowest BCUT2D eigenvalue weighted by Gasteiger charge is -2.42. The fourth-order valence-corrected chi connectivity index (χ4v) is 11.8. The van der Waals surface area contributed by atoms with Crippen LogP contribution in [-0.4, -0.2) is 231 Å². The Morgan fingerprint density at radius 1 is 0.540 bits per heavy atom. The number of hydrogen-bond acceptors (Lipinski definition) is 26. The minimum absolute atomic E-state index is 0.00978. The van der Waals surface area contributed by atoms with Gasteiger partial charge in [0, 0.05) is 23.9 Å². The smallest absolute Gasteiger partial charge is 0.396 e. The number of aliphatic hydroxyl groups is 10. The van der Waals surface area contributed by atoms with Gasteiger partial charge < -0.3 is 89.3 Å². The second-order valence-corrected chi connectivity index (χ2v) is 24.9. The number of rotatable bonds is 37. The normalized spacial score (nSPS) is 25.9. The van der Waals surface area contributed by atoms with Gasteiger partial charge in [-0.05, 0) is 29.5 Å². The first kappa shape index (κ1) is 70.0. The standard InChI is InChI=1S/C55H80N6O24P2/c1-53(31-65,32-76-29-40-24-60(58-56-40)20-12-22-78-51-49(70)47(68)45(66)42(26-62)83-51)34-80-86(72,73)81-35-54(2,33-77-30-41-25-61(59-57-41)21-13-23-79-52-50(71)48(69)46(67)43(27-63)84-52)36-82-87(74,75)85-44(28-64)55(37-14-6-3-7-15-37,38-16-8-4-9-17-38)39-18-10-5-11-19-39/h3-11,14-19,24-25,42-52,62-71H,12-13,20-23,26-36H2,1-2H3,(H,72,73)(H,74,75)/t42-,43-,44?,45+,46+,47+,48+,49-,50-,51-,52-,53?,54?/m1/s1. The van der Waals surface area contributed by atoms with Crippen LogP contribution in [0.4, 0.5) is 0 Å². The molecule has 15 atom stereocenters. The minimum atomic E-state index is -5.21. The molecule has 3 aromatic carbocycles. The SMILES string of the molecule is CC(CO)(COCc1cn(CCCO[C@@H]2O[C@H](CO)[C@H](O)[C@H](O)[C@H]2O)nn1)COP(=O)(O)OCC(C)(COCc1cn(CCCO[C@@H]2O[C@H](CO)[C@H](O)[C@H](O)[C@H]2O)nn1)COP(=O)(O)OC(CO)C(c1ccccc1)(c1ccccc1)c1ccccc1. The van der Waals surface area contributed by atoms with Gasteiger partial charge in [-0.3, -0.25) is 27.5 Å². The molecule has 2 aromatic heterocycles. The first-order chi connectivity index (χ1) is 41.6. The summed E-state index contributed by atoms with van der Waals surface area (Å²) < 4.78 is 87.2. The predicted molar refractivity (Wildman–Crippen MR) is 300 cm³/mol. The number of nitrogens with zero attached hydrogens (tertiary/aromatic N) is 6. The maximum absolute atomic E-state index is 14.3. The number of benzene rings is 3. The second kappa shape index (κ2) is 32.5. The van der Waals surface area contributed by atoms with Gasteiger partial charge in [0.15, 0.2) is 12.6 Å². The molecule has 0 aliphatic carbocycles. The molecule has 2 aliphatic heterocycles. The molecule has 0 spiro atoms. The number of aromatic nitrogens is 6. The quantitative estimate of drug-likeness (QED) is 0.0138. The van der Waals surface area contributed by atoms with E-state index in [1.54, 1.807) is 67.0 Å². The van der Waals surface area contributed by atoms with E-state index in [0.717, 1.165) is 0 Å². The van der Waals surface area contributed by atoms with E-state index in [1.165, 1.54) is 23.2 Å². The highest BCUT2D eigenvalue weighted by atomic mass is 31.2. The Kier molecular flexibility index (Phi) is 26.1. The van der Waals surface area contributed by atoms with Crippen molar-refractivity contribution in [2.75, 3.05) is 72.7 Å². The van der Waals surface area contributed by atoms with Crippen LogP contribution in [0.1, 0.15) is 54.8 Å². The number of phosphoric acid groups is 2. The first-order valence-electron chi connectivity index (χ1n) is 28.0. The van der Waals surface area contributed by atoms with Crippen molar-refractivity contribution in [2.24, 2.45) is 10.8 Å². The first-order valence-corrected chi connectivity index (χ1v) is 31.0. The number of ether oxygens (including phenoxy) is 6. The molecule has 5 aromatic rings. The summed E-state index contributed by atoms with van der Waals surface area (Å²) >= 11 is 0. The van der Waals surface area contributed by atoms with Crippen LogP contribution in [0.15, 0.2) is 103 Å². The van der Waals surface area contributed by atoms with Crippen LogP contribution < -0.4 is 0 Å². The highest BCUT2D eigenvalue weighted by Gasteiger charge is 2.49. The molecule has 0 saturated carbocycles. The summed E-state index contributed by atoms with van der Waals surface area (Å²) in [5, 5.41) is 117. The van der Waals surface area contributed by atoms with E-state index < -0.39 is 146 Å². The van der Waals surface area contributed by atoms with Crippen LogP contribution in [0.5, 0.6) is 0 Å². The van der Waals surface area contributed by atoms with Crippen LogP contribution in [-0.2, 0) is 87.4 Å². The fourth-order valence-electron chi connectivity index (χ4n) is 9.70. The predicted octanol–water partition coefficient (Wildman–Crippen LogP) is -0.316. The fraction of sp³-hybridized carbons (Fsp3) is 0.600. The van der Waals surface area contributed by atoms with Crippen molar-refractivity contribution in [3.63, 3.8) is 0 Å². The molecule has 30 nitrogen and oxygen atoms in total.